The minimum absolute atomic E-state index is 0.356. The molecule has 0 radical (unpaired) electrons. The van der Waals surface area contributed by atoms with Crippen LogP contribution in [0.2, 0.25) is 0 Å². The predicted octanol–water partition coefficient (Wildman–Crippen LogP) is 3.97. The Morgan fingerprint density at radius 2 is 2.22 bits per heavy atom. The van der Waals surface area contributed by atoms with Crippen LogP contribution >= 0.6 is 27.3 Å². The molecular formula is C12H10BrFN2OS. The van der Waals surface area contributed by atoms with Crippen molar-refractivity contribution in [1.29, 1.82) is 0 Å². The standard InChI is InChI=1S/C12H10BrFN2OS/c13-8-4-11(18-7-8)6-15-12(17)16-10-3-1-2-9(14)5-10/h1-5,7H,6H2,(H2,15,16,17). The number of hydrogen-bond acceptors (Lipinski definition) is 2. The van der Waals surface area contributed by atoms with Crippen molar-refractivity contribution in [3.8, 4) is 0 Å². The average molecular weight is 329 g/mol. The van der Waals surface area contributed by atoms with Crippen molar-refractivity contribution in [2.75, 3.05) is 5.32 Å². The summed E-state index contributed by atoms with van der Waals surface area (Å²) in [5.74, 6) is -0.380. The fraction of sp³-hybridized carbons (Fsp3) is 0.0833. The van der Waals surface area contributed by atoms with Gasteiger partial charge in [0.2, 0.25) is 0 Å². The number of urea groups is 1. The second-order valence-corrected chi connectivity index (χ2v) is 5.46. The van der Waals surface area contributed by atoms with E-state index in [0.29, 0.717) is 12.2 Å². The van der Waals surface area contributed by atoms with Crippen molar-refractivity contribution in [3.05, 3.63) is 50.9 Å². The van der Waals surface area contributed by atoms with Crippen LogP contribution in [0, 0.1) is 5.82 Å². The first-order valence-electron chi connectivity index (χ1n) is 5.17. The molecule has 0 bridgehead atoms. The van der Waals surface area contributed by atoms with E-state index < -0.39 is 0 Å². The molecule has 0 unspecified atom stereocenters. The minimum atomic E-state index is -0.380. The second kappa shape index (κ2) is 5.97. The maximum Gasteiger partial charge on any atom is 0.319 e. The van der Waals surface area contributed by atoms with Crippen LogP contribution in [0.4, 0.5) is 14.9 Å². The molecule has 0 spiro atoms. The van der Waals surface area contributed by atoms with Crippen molar-refractivity contribution in [2.45, 2.75) is 6.54 Å². The number of thiophene rings is 1. The molecule has 18 heavy (non-hydrogen) atoms. The van der Waals surface area contributed by atoms with Crippen molar-refractivity contribution in [2.24, 2.45) is 0 Å². The normalized spacial score (nSPS) is 10.1. The molecule has 2 N–H and O–H groups in total. The number of anilines is 1. The number of benzene rings is 1. The molecular weight excluding hydrogens is 319 g/mol. The van der Waals surface area contributed by atoms with Crippen molar-refractivity contribution in [3.63, 3.8) is 0 Å². The quantitative estimate of drug-likeness (QED) is 0.879. The number of carbonyl (C=O) groups is 1. The molecule has 3 nitrogen and oxygen atoms in total. The summed E-state index contributed by atoms with van der Waals surface area (Å²) in [4.78, 5) is 12.6. The summed E-state index contributed by atoms with van der Waals surface area (Å²) >= 11 is 4.89. The first kappa shape index (κ1) is 13.0. The highest BCUT2D eigenvalue weighted by molar-refractivity contribution is 9.10. The van der Waals surface area contributed by atoms with Gasteiger partial charge in [-0.05, 0) is 40.2 Å². The first-order valence-corrected chi connectivity index (χ1v) is 6.84. The van der Waals surface area contributed by atoms with Gasteiger partial charge < -0.3 is 10.6 Å². The highest BCUT2D eigenvalue weighted by Gasteiger charge is 2.03. The Morgan fingerprint density at radius 1 is 1.39 bits per heavy atom. The Hall–Kier alpha value is -1.40. The van der Waals surface area contributed by atoms with E-state index in [9.17, 15) is 9.18 Å². The smallest absolute Gasteiger partial charge is 0.319 e. The molecule has 1 aromatic carbocycles. The third kappa shape index (κ3) is 3.82. The zero-order chi connectivity index (χ0) is 13.0. The molecule has 1 aromatic heterocycles. The Kier molecular flexibility index (Phi) is 4.33. The number of halogens is 2. The zero-order valence-corrected chi connectivity index (χ0v) is 11.6. The van der Waals surface area contributed by atoms with Crippen molar-refractivity contribution < 1.29 is 9.18 Å². The summed E-state index contributed by atoms with van der Waals surface area (Å²) in [7, 11) is 0. The number of amides is 2. The van der Waals surface area contributed by atoms with Crippen LogP contribution < -0.4 is 10.6 Å². The molecule has 6 heteroatoms. The van der Waals surface area contributed by atoms with E-state index in [1.54, 1.807) is 23.5 Å². The van der Waals surface area contributed by atoms with E-state index in [4.69, 9.17) is 0 Å². The summed E-state index contributed by atoms with van der Waals surface area (Å²) in [6.07, 6.45) is 0. The van der Waals surface area contributed by atoms with E-state index in [1.165, 1.54) is 12.1 Å². The average Bonchev–Trinajstić information content (AvgIpc) is 2.73. The molecule has 1 heterocycles. The first-order chi connectivity index (χ1) is 8.63. The molecule has 2 amide bonds. The number of carbonyl (C=O) groups excluding carboxylic acids is 1. The van der Waals surface area contributed by atoms with Crippen LogP contribution in [0.3, 0.4) is 0 Å². The molecule has 0 saturated heterocycles. The zero-order valence-electron chi connectivity index (χ0n) is 9.24. The lowest BCUT2D eigenvalue weighted by atomic mass is 10.3. The molecule has 0 aliphatic carbocycles. The molecule has 2 aromatic rings. The van der Waals surface area contributed by atoms with Crippen LogP contribution in [-0.4, -0.2) is 6.03 Å². The van der Waals surface area contributed by atoms with Crippen LogP contribution in [0.1, 0.15) is 4.88 Å². The van der Waals surface area contributed by atoms with Crippen LogP contribution in [0.25, 0.3) is 0 Å². The molecule has 0 aliphatic heterocycles. The summed E-state index contributed by atoms with van der Waals surface area (Å²) in [6.45, 7) is 0.442. The summed E-state index contributed by atoms with van der Waals surface area (Å²) in [5, 5.41) is 7.21. The summed E-state index contributed by atoms with van der Waals surface area (Å²) < 4.78 is 13.9. The van der Waals surface area contributed by atoms with Crippen molar-refractivity contribution >= 4 is 39.0 Å². The molecule has 94 valence electrons. The van der Waals surface area contributed by atoms with Gasteiger partial charge in [0.25, 0.3) is 0 Å². The largest absolute Gasteiger partial charge is 0.333 e. The minimum Gasteiger partial charge on any atom is -0.333 e. The number of rotatable bonds is 3. The second-order valence-electron chi connectivity index (χ2n) is 3.55. The van der Waals surface area contributed by atoms with Gasteiger partial charge in [-0.15, -0.1) is 11.3 Å². The maximum absolute atomic E-state index is 12.9. The third-order valence-corrected chi connectivity index (χ3v) is 3.83. The van der Waals surface area contributed by atoms with Gasteiger partial charge in [-0.2, -0.15) is 0 Å². The highest BCUT2D eigenvalue weighted by Crippen LogP contribution is 2.19. The van der Waals surface area contributed by atoms with E-state index in [0.717, 1.165) is 9.35 Å². The molecule has 0 aliphatic rings. The lowest BCUT2D eigenvalue weighted by molar-refractivity contribution is 0.252. The summed E-state index contributed by atoms with van der Waals surface area (Å²) in [6, 6.07) is 7.34. The lowest BCUT2D eigenvalue weighted by Crippen LogP contribution is -2.27. The Labute approximate surface area is 116 Å². The molecule has 0 fully saturated rings. The monoisotopic (exact) mass is 328 g/mol. The Morgan fingerprint density at radius 3 is 2.89 bits per heavy atom. The lowest BCUT2D eigenvalue weighted by Gasteiger charge is -2.06. The Bertz CT molecular complexity index is 559. The number of nitrogens with one attached hydrogen (secondary N) is 2. The molecule has 0 saturated carbocycles. The topological polar surface area (TPSA) is 41.1 Å². The third-order valence-electron chi connectivity index (χ3n) is 2.13. The SMILES string of the molecule is O=C(NCc1cc(Br)cs1)Nc1cccc(F)c1. The number of hydrogen-bond donors (Lipinski definition) is 2. The van der Waals surface area contributed by atoms with Gasteiger partial charge in [0, 0.05) is 20.4 Å². The van der Waals surface area contributed by atoms with E-state index in [1.807, 2.05) is 11.4 Å². The van der Waals surface area contributed by atoms with Gasteiger partial charge in [-0.1, -0.05) is 6.07 Å². The Balaban J connectivity index is 1.85. The van der Waals surface area contributed by atoms with E-state index in [2.05, 4.69) is 26.6 Å². The van der Waals surface area contributed by atoms with Gasteiger partial charge in [0.15, 0.2) is 0 Å². The maximum atomic E-state index is 12.9. The van der Waals surface area contributed by atoms with Gasteiger partial charge in [0.05, 0.1) is 6.54 Å². The van der Waals surface area contributed by atoms with E-state index in [-0.39, 0.29) is 11.8 Å². The fourth-order valence-corrected chi connectivity index (χ4v) is 2.75. The van der Waals surface area contributed by atoms with Gasteiger partial charge in [-0.25, -0.2) is 9.18 Å². The van der Waals surface area contributed by atoms with Crippen LogP contribution in [0.5, 0.6) is 0 Å². The summed E-state index contributed by atoms with van der Waals surface area (Å²) in [5.41, 5.74) is 0.430. The van der Waals surface area contributed by atoms with Crippen LogP contribution in [0.15, 0.2) is 40.2 Å². The highest BCUT2D eigenvalue weighted by atomic mass is 79.9. The van der Waals surface area contributed by atoms with Crippen molar-refractivity contribution in [1.82, 2.24) is 5.32 Å². The molecule has 0 atom stereocenters. The fourth-order valence-electron chi connectivity index (χ4n) is 1.36. The predicted molar refractivity (Wildman–Crippen MR) is 74.3 cm³/mol. The van der Waals surface area contributed by atoms with Crippen LogP contribution in [-0.2, 0) is 6.54 Å². The molecule has 2 rings (SSSR count). The van der Waals surface area contributed by atoms with E-state index >= 15 is 0 Å². The van der Waals surface area contributed by atoms with Gasteiger partial charge in [-0.3, -0.25) is 0 Å². The van der Waals surface area contributed by atoms with Gasteiger partial charge in [0.1, 0.15) is 5.82 Å². The van der Waals surface area contributed by atoms with Gasteiger partial charge >= 0.3 is 6.03 Å².